The van der Waals surface area contributed by atoms with Crippen LogP contribution in [0.2, 0.25) is 0 Å². The number of aromatic nitrogens is 2. The van der Waals surface area contributed by atoms with Gasteiger partial charge in [0.1, 0.15) is 16.4 Å². The molecule has 5 heteroatoms. The number of fused-ring (bicyclic) bond motifs is 1. The molecule has 3 rings (SSSR count). The molecule has 0 unspecified atom stereocenters. The second kappa shape index (κ2) is 4.78. The summed E-state index contributed by atoms with van der Waals surface area (Å²) in [6.45, 7) is 2.70. The predicted octanol–water partition coefficient (Wildman–Crippen LogP) is 3.46. The van der Waals surface area contributed by atoms with E-state index in [2.05, 4.69) is 22.4 Å². The molecule has 1 aromatic carbocycles. The zero-order chi connectivity index (χ0) is 12.4. The van der Waals surface area contributed by atoms with Crippen LogP contribution in [0.25, 0.3) is 11.0 Å². The minimum Gasteiger partial charge on any atom is -0.459 e. The van der Waals surface area contributed by atoms with Crippen LogP contribution in [-0.4, -0.2) is 10.2 Å². The number of benzene rings is 1. The van der Waals surface area contributed by atoms with E-state index in [1.807, 2.05) is 30.3 Å². The zero-order valence-electron chi connectivity index (χ0n) is 10.0. The minimum absolute atomic E-state index is 0.632. The third-order valence-corrected chi connectivity index (χ3v) is 3.68. The average Bonchev–Trinajstić information content (AvgIpc) is 3.02. The van der Waals surface area contributed by atoms with Crippen LogP contribution < -0.4 is 5.32 Å². The lowest BCUT2D eigenvalue weighted by Gasteiger charge is -1.96. The molecule has 0 saturated carbocycles. The van der Waals surface area contributed by atoms with Crippen molar-refractivity contribution in [1.29, 1.82) is 0 Å². The first-order valence-corrected chi connectivity index (χ1v) is 6.70. The van der Waals surface area contributed by atoms with Crippen molar-refractivity contribution < 1.29 is 4.42 Å². The third kappa shape index (κ3) is 2.22. The predicted molar refractivity (Wildman–Crippen MR) is 72.8 cm³/mol. The Morgan fingerprint density at radius 3 is 2.94 bits per heavy atom. The Balaban J connectivity index is 1.72. The standard InChI is InChI=1S/C13H13N3OS/c1-2-12-15-16-13(18-12)14-8-10-7-9-5-3-4-6-11(9)17-10/h3-7H,2,8H2,1H3,(H,14,16). The van der Waals surface area contributed by atoms with Gasteiger partial charge in [-0.2, -0.15) is 0 Å². The van der Waals surface area contributed by atoms with E-state index in [1.165, 1.54) is 0 Å². The Morgan fingerprint density at radius 2 is 2.17 bits per heavy atom. The summed E-state index contributed by atoms with van der Waals surface area (Å²) in [5.41, 5.74) is 0.917. The fourth-order valence-corrected chi connectivity index (χ4v) is 2.43. The molecule has 4 nitrogen and oxygen atoms in total. The van der Waals surface area contributed by atoms with Gasteiger partial charge >= 0.3 is 0 Å². The van der Waals surface area contributed by atoms with Crippen LogP contribution in [0, 0.1) is 0 Å². The molecule has 0 aliphatic rings. The average molecular weight is 259 g/mol. The van der Waals surface area contributed by atoms with Gasteiger partial charge in [0.2, 0.25) is 5.13 Å². The number of nitrogens with one attached hydrogen (secondary N) is 1. The number of aryl methyl sites for hydroxylation is 1. The van der Waals surface area contributed by atoms with Gasteiger partial charge in [0.15, 0.2) is 0 Å². The van der Waals surface area contributed by atoms with Gasteiger partial charge in [-0.25, -0.2) is 0 Å². The van der Waals surface area contributed by atoms with Crippen LogP contribution in [0.1, 0.15) is 17.7 Å². The smallest absolute Gasteiger partial charge is 0.206 e. The molecule has 3 aromatic rings. The molecular weight excluding hydrogens is 246 g/mol. The molecule has 0 fully saturated rings. The summed E-state index contributed by atoms with van der Waals surface area (Å²) in [5, 5.41) is 14.4. The zero-order valence-corrected chi connectivity index (χ0v) is 10.8. The molecule has 0 radical (unpaired) electrons. The van der Waals surface area contributed by atoms with Crippen molar-refractivity contribution in [3.05, 3.63) is 41.1 Å². The van der Waals surface area contributed by atoms with Crippen LogP contribution in [0.3, 0.4) is 0 Å². The number of rotatable bonds is 4. The van der Waals surface area contributed by atoms with Crippen LogP contribution in [0.15, 0.2) is 34.7 Å². The first-order chi connectivity index (χ1) is 8.85. The van der Waals surface area contributed by atoms with Gasteiger partial charge in [-0.3, -0.25) is 0 Å². The highest BCUT2D eigenvalue weighted by Gasteiger charge is 2.05. The van der Waals surface area contributed by atoms with Crippen LogP contribution >= 0.6 is 11.3 Å². The van der Waals surface area contributed by atoms with Crippen molar-refractivity contribution in [2.75, 3.05) is 5.32 Å². The SMILES string of the molecule is CCc1nnc(NCc2cc3ccccc3o2)s1. The number of hydrogen-bond acceptors (Lipinski definition) is 5. The Hall–Kier alpha value is -1.88. The van der Waals surface area contributed by atoms with Gasteiger partial charge in [-0.1, -0.05) is 36.5 Å². The topological polar surface area (TPSA) is 51.0 Å². The lowest BCUT2D eigenvalue weighted by molar-refractivity contribution is 0.559. The molecule has 2 heterocycles. The Bertz CT molecular complexity index is 626. The van der Waals surface area contributed by atoms with Crippen LogP contribution in [0.5, 0.6) is 0 Å². The monoisotopic (exact) mass is 259 g/mol. The molecular formula is C13H13N3OS. The fourth-order valence-electron chi connectivity index (χ4n) is 1.75. The Labute approximate surface area is 109 Å². The summed E-state index contributed by atoms with van der Waals surface area (Å²) in [4.78, 5) is 0. The largest absolute Gasteiger partial charge is 0.459 e. The van der Waals surface area contributed by atoms with Gasteiger partial charge in [0.25, 0.3) is 0 Å². The highest BCUT2D eigenvalue weighted by Crippen LogP contribution is 2.21. The molecule has 1 N–H and O–H groups in total. The highest BCUT2D eigenvalue weighted by molar-refractivity contribution is 7.15. The Kier molecular flexibility index (Phi) is 2.98. The van der Waals surface area contributed by atoms with Crippen molar-refractivity contribution >= 4 is 27.4 Å². The second-order valence-electron chi connectivity index (χ2n) is 3.96. The summed E-state index contributed by atoms with van der Waals surface area (Å²) in [7, 11) is 0. The lowest BCUT2D eigenvalue weighted by atomic mass is 10.2. The maximum absolute atomic E-state index is 5.72. The molecule has 92 valence electrons. The van der Waals surface area contributed by atoms with Crippen molar-refractivity contribution in [2.45, 2.75) is 19.9 Å². The number of hydrogen-bond donors (Lipinski definition) is 1. The molecule has 0 aliphatic heterocycles. The summed E-state index contributed by atoms with van der Waals surface area (Å²) in [6.07, 6.45) is 0.921. The van der Waals surface area contributed by atoms with Gasteiger partial charge in [0.05, 0.1) is 6.54 Å². The number of nitrogens with zero attached hydrogens (tertiary/aromatic N) is 2. The minimum atomic E-state index is 0.632. The van der Waals surface area contributed by atoms with Crippen molar-refractivity contribution in [1.82, 2.24) is 10.2 Å². The molecule has 0 amide bonds. The number of furan rings is 1. The van der Waals surface area contributed by atoms with E-state index in [4.69, 9.17) is 4.42 Å². The molecule has 0 saturated heterocycles. The van der Waals surface area contributed by atoms with Gasteiger partial charge in [0, 0.05) is 5.39 Å². The summed E-state index contributed by atoms with van der Waals surface area (Å²) in [6, 6.07) is 10.0. The van der Waals surface area contributed by atoms with E-state index in [0.717, 1.165) is 33.3 Å². The van der Waals surface area contributed by atoms with E-state index in [-0.39, 0.29) is 0 Å². The second-order valence-corrected chi connectivity index (χ2v) is 5.02. The van der Waals surface area contributed by atoms with E-state index < -0.39 is 0 Å². The first kappa shape index (κ1) is 11.2. The molecule has 0 atom stereocenters. The quantitative estimate of drug-likeness (QED) is 0.779. The van der Waals surface area contributed by atoms with Crippen molar-refractivity contribution in [3.8, 4) is 0 Å². The first-order valence-electron chi connectivity index (χ1n) is 5.89. The molecule has 2 aromatic heterocycles. The Morgan fingerprint density at radius 1 is 1.28 bits per heavy atom. The van der Waals surface area contributed by atoms with Crippen molar-refractivity contribution in [3.63, 3.8) is 0 Å². The normalized spacial score (nSPS) is 10.9. The molecule has 18 heavy (non-hydrogen) atoms. The van der Waals surface area contributed by atoms with Crippen LogP contribution in [-0.2, 0) is 13.0 Å². The van der Waals surface area contributed by atoms with Crippen LogP contribution in [0.4, 0.5) is 5.13 Å². The molecule has 0 aliphatic carbocycles. The van der Waals surface area contributed by atoms with Crippen molar-refractivity contribution in [2.24, 2.45) is 0 Å². The van der Waals surface area contributed by atoms with E-state index in [1.54, 1.807) is 11.3 Å². The maximum atomic E-state index is 5.72. The maximum Gasteiger partial charge on any atom is 0.206 e. The summed E-state index contributed by atoms with van der Waals surface area (Å²) < 4.78 is 5.72. The molecule has 0 spiro atoms. The highest BCUT2D eigenvalue weighted by atomic mass is 32.1. The van der Waals surface area contributed by atoms with E-state index in [0.29, 0.717) is 6.54 Å². The number of anilines is 1. The third-order valence-electron chi connectivity index (χ3n) is 2.66. The van der Waals surface area contributed by atoms with E-state index in [9.17, 15) is 0 Å². The number of para-hydroxylation sites is 1. The van der Waals surface area contributed by atoms with Gasteiger partial charge in [-0.05, 0) is 18.6 Å². The summed E-state index contributed by atoms with van der Waals surface area (Å²) >= 11 is 1.58. The fraction of sp³-hybridized carbons (Fsp3) is 0.231. The van der Waals surface area contributed by atoms with E-state index >= 15 is 0 Å². The van der Waals surface area contributed by atoms with Gasteiger partial charge < -0.3 is 9.73 Å². The lowest BCUT2D eigenvalue weighted by Crippen LogP contribution is -1.97. The van der Waals surface area contributed by atoms with Gasteiger partial charge in [-0.15, -0.1) is 10.2 Å². The molecule has 0 bridgehead atoms. The summed E-state index contributed by atoms with van der Waals surface area (Å²) in [5.74, 6) is 0.907.